The molecule has 0 saturated carbocycles. The second kappa shape index (κ2) is 24.7. The zero-order valence-corrected chi connectivity index (χ0v) is 37.2. The Morgan fingerprint density at radius 1 is 0.906 bits per heavy atom. The average molecular weight is 919 g/mol. The number of aliphatic hydroxyl groups excluding tert-OH is 1. The van der Waals surface area contributed by atoms with Crippen LogP contribution in [0.15, 0.2) is 22.9 Å². The van der Waals surface area contributed by atoms with Crippen molar-refractivity contribution in [2.75, 3.05) is 64.3 Å². The molecule has 6 rings (SSSR count). The number of esters is 2. The summed E-state index contributed by atoms with van der Waals surface area (Å²) in [5, 5.41) is 28.3. The number of aliphatic hydroxyl groups is 1. The molecule has 6 heterocycles. The third kappa shape index (κ3) is 15.0. The molecule has 64 heavy (non-hydrogen) atoms. The van der Waals surface area contributed by atoms with Crippen LogP contribution in [0.25, 0.3) is 11.2 Å². The molecule has 3 fully saturated rings. The summed E-state index contributed by atoms with van der Waals surface area (Å²) in [6.07, 6.45) is 4.99. The van der Waals surface area contributed by atoms with E-state index in [9.17, 15) is 29.1 Å². The van der Waals surface area contributed by atoms with Crippen molar-refractivity contribution in [2.45, 2.75) is 138 Å². The molecule has 0 aliphatic carbocycles. The number of ketones is 1. The molecule has 7 atom stereocenters. The van der Waals surface area contributed by atoms with Crippen molar-refractivity contribution >= 4 is 58.4 Å². The fourth-order valence-corrected chi connectivity index (χ4v) is 9.20. The van der Waals surface area contributed by atoms with E-state index in [-0.39, 0.29) is 62.1 Å². The molecule has 2 aromatic heterocycles. The van der Waals surface area contributed by atoms with Crippen LogP contribution in [0.2, 0.25) is 0 Å². The molecule has 0 aromatic carbocycles. The number of aromatic nitrogens is 4. The monoisotopic (exact) mass is 918 g/mol. The van der Waals surface area contributed by atoms with E-state index in [1.165, 1.54) is 17.2 Å². The number of urea groups is 1. The van der Waals surface area contributed by atoms with Crippen LogP contribution in [0.5, 0.6) is 0 Å². The minimum Gasteiger partial charge on any atom is -0.463 e. The number of nitrogens with two attached hydrogens (primary N) is 1. The number of carbonyl (C=O) groups is 5. The fourth-order valence-electron chi connectivity index (χ4n) is 7.66. The maximum Gasteiger partial charge on any atom is 0.315 e. The Morgan fingerprint density at radius 2 is 1.64 bits per heavy atom. The minimum absolute atomic E-state index is 0.00343. The lowest BCUT2D eigenvalue weighted by molar-refractivity contribution is -0.160. The highest BCUT2D eigenvalue weighted by Crippen LogP contribution is 2.36. The van der Waals surface area contributed by atoms with Crippen LogP contribution in [0.4, 0.5) is 10.6 Å². The zero-order valence-electron chi connectivity index (χ0n) is 36.4. The van der Waals surface area contributed by atoms with Crippen LogP contribution < -0.4 is 21.7 Å². The summed E-state index contributed by atoms with van der Waals surface area (Å²) in [5.41, 5.74) is 5.91. The van der Waals surface area contributed by atoms with Crippen LogP contribution in [-0.2, 0) is 47.6 Å². The number of nitrogens with zero attached hydrogens (tertiary/aromatic N) is 6. The highest BCUT2D eigenvalue weighted by atomic mass is 32.2. The van der Waals surface area contributed by atoms with Crippen molar-refractivity contribution in [2.24, 2.45) is 10.2 Å². The van der Waals surface area contributed by atoms with E-state index in [4.69, 9.17) is 34.2 Å². The van der Waals surface area contributed by atoms with Crippen molar-refractivity contribution in [3.8, 4) is 0 Å². The van der Waals surface area contributed by atoms with Gasteiger partial charge in [0.25, 0.3) is 0 Å². The first-order valence-corrected chi connectivity index (χ1v) is 23.3. The van der Waals surface area contributed by atoms with Gasteiger partial charge in [0, 0.05) is 69.3 Å². The summed E-state index contributed by atoms with van der Waals surface area (Å²) in [6.45, 7) is 4.67. The summed E-state index contributed by atoms with van der Waals surface area (Å²) in [6, 6.07) is 0.392. The molecular weight excluding hydrogens is 857 g/mol. The van der Waals surface area contributed by atoms with Crippen molar-refractivity contribution in [3.05, 3.63) is 12.7 Å². The number of hydrogen-bond acceptors (Lipinski definition) is 19. The van der Waals surface area contributed by atoms with E-state index in [0.717, 1.165) is 37.9 Å². The molecule has 6 N–H and O–H groups in total. The van der Waals surface area contributed by atoms with E-state index >= 15 is 0 Å². The van der Waals surface area contributed by atoms with Crippen LogP contribution >= 0.6 is 11.8 Å². The number of nitrogen functional groups attached to an aromatic ring is 1. The number of Topliss-reactive ketones (excluding diaryl/α,β-unsaturated/α-hetero) is 1. The number of unbranched alkanes of at least 4 members (excludes halogenated alkanes) is 2. The molecule has 4 aliphatic heterocycles. The molecule has 23 heteroatoms. The van der Waals surface area contributed by atoms with Crippen LogP contribution in [0.1, 0.15) is 96.6 Å². The number of ether oxygens (including phenoxy) is 6. The topological polar surface area (TPSA) is 291 Å². The first kappa shape index (κ1) is 48.9. The lowest BCUT2D eigenvalue weighted by atomic mass is 10.0. The lowest BCUT2D eigenvalue weighted by Crippen LogP contribution is -2.39. The Hall–Kier alpha value is -4.55. The molecule has 0 spiro atoms. The smallest absolute Gasteiger partial charge is 0.315 e. The van der Waals surface area contributed by atoms with Crippen molar-refractivity contribution < 1.29 is 57.5 Å². The van der Waals surface area contributed by atoms with E-state index in [0.29, 0.717) is 94.1 Å². The number of rotatable bonds is 31. The number of carbonyl (C=O) groups excluding carboxylic acids is 5. The third-order valence-corrected chi connectivity index (χ3v) is 12.8. The zero-order chi connectivity index (χ0) is 45.3. The predicted octanol–water partition coefficient (Wildman–Crippen LogP) is 2.28. The maximum atomic E-state index is 12.7. The van der Waals surface area contributed by atoms with Crippen LogP contribution in [-0.4, -0.2) is 154 Å². The van der Waals surface area contributed by atoms with Gasteiger partial charge in [-0.15, -0.1) is 0 Å². The summed E-state index contributed by atoms with van der Waals surface area (Å²) in [5.74, 6) is 0.00218. The Labute approximate surface area is 375 Å². The molecule has 4 aliphatic rings. The van der Waals surface area contributed by atoms with E-state index in [1.54, 1.807) is 6.92 Å². The molecule has 3 amide bonds. The molecule has 354 valence electrons. The van der Waals surface area contributed by atoms with Gasteiger partial charge >= 0.3 is 18.0 Å². The van der Waals surface area contributed by atoms with Gasteiger partial charge in [0.05, 0.1) is 44.8 Å². The fraction of sp³-hybridized carbons (Fsp3) is 0.756. The number of imidazole rings is 1. The number of nitrogens with one attached hydrogen (secondary N) is 3. The van der Waals surface area contributed by atoms with Crippen LogP contribution in [0, 0.1) is 0 Å². The third-order valence-electron chi connectivity index (χ3n) is 11.3. The molecular formula is C41H62N10O12S. The maximum absolute atomic E-state index is 12.7. The molecule has 0 radical (unpaired) electrons. The van der Waals surface area contributed by atoms with Gasteiger partial charge in [-0.2, -0.15) is 22.0 Å². The quantitative estimate of drug-likeness (QED) is 0.0412. The number of anilines is 1. The normalized spacial score (nSPS) is 24.0. The second-order valence-corrected chi connectivity index (χ2v) is 17.7. The standard InChI is InChI=1S/C41H62N10O12S/c1-41(49-50-41)14-13-32(55)63-36-28(62-39(35(36)56)51-25-46-34-37(42)44-24-45-38(34)51)22-61-31(54)12-6-11-30(53)43-15-7-17-59-19-21-60-20-18-58-16-5-4-9-26(52)8-2-3-10-29-33-27(23-64-29)47-40(57)48-33/h24-25,27-29,33,35-36,39,56H,2-23H2,1H3,(H,43,53)(H2,42,44,45)(H2,47,48,57)/t27-,28-,29-,33-,35-,36-,39-/m1/s1. The number of hydrogen-bond donors (Lipinski definition) is 5. The first-order valence-electron chi connectivity index (χ1n) is 22.3. The van der Waals surface area contributed by atoms with Crippen molar-refractivity contribution in [1.82, 2.24) is 35.5 Å². The van der Waals surface area contributed by atoms with Crippen molar-refractivity contribution in [3.63, 3.8) is 0 Å². The van der Waals surface area contributed by atoms with E-state index < -0.39 is 42.1 Å². The van der Waals surface area contributed by atoms with Gasteiger partial charge in [-0.05, 0) is 45.4 Å². The van der Waals surface area contributed by atoms with Crippen LogP contribution in [0.3, 0.4) is 0 Å². The molecule has 0 bridgehead atoms. The van der Waals surface area contributed by atoms with E-state index in [1.807, 2.05) is 11.8 Å². The molecule has 3 saturated heterocycles. The summed E-state index contributed by atoms with van der Waals surface area (Å²) in [7, 11) is 0. The second-order valence-electron chi connectivity index (χ2n) is 16.5. The van der Waals surface area contributed by atoms with Gasteiger partial charge in [0.2, 0.25) is 5.91 Å². The Bertz CT molecular complexity index is 1900. The number of fused-ring (bicyclic) bond motifs is 2. The van der Waals surface area contributed by atoms with Gasteiger partial charge in [-0.25, -0.2) is 19.7 Å². The Morgan fingerprint density at radius 3 is 2.41 bits per heavy atom. The Kier molecular flexibility index (Phi) is 18.8. The lowest BCUT2D eigenvalue weighted by Gasteiger charge is -2.21. The van der Waals surface area contributed by atoms with Crippen molar-refractivity contribution in [1.29, 1.82) is 0 Å². The van der Waals surface area contributed by atoms with Gasteiger partial charge in [0.1, 0.15) is 36.4 Å². The van der Waals surface area contributed by atoms with Gasteiger partial charge in [-0.1, -0.05) is 6.42 Å². The highest BCUT2D eigenvalue weighted by molar-refractivity contribution is 8.00. The first-order chi connectivity index (χ1) is 31.0. The summed E-state index contributed by atoms with van der Waals surface area (Å²) in [4.78, 5) is 73.8. The molecule has 0 unspecified atom stereocenters. The largest absolute Gasteiger partial charge is 0.463 e. The molecule has 2 aromatic rings. The number of thioether (sulfide) groups is 1. The summed E-state index contributed by atoms with van der Waals surface area (Å²) >= 11 is 1.90. The van der Waals surface area contributed by atoms with Gasteiger partial charge < -0.3 is 55.2 Å². The summed E-state index contributed by atoms with van der Waals surface area (Å²) < 4.78 is 35.3. The predicted molar refractivity (Wildman–Crippen MR) is 230 cm³/mol. The van der Waals surface area contributed by atoms with Gasteiger partial charge in [-0.3, -0.25) is 23.7 Å². The van der Waals surface area contributed by atoms with Gasteiger partial charge in [0.15, 0.2) is 29.5 Å². The average Bonchev–Trinajstić information content (AvgIpc) is 3.57. The van der Waals surface area contributed by atoms with E-state index in [2.05, 4.69) is 41.1 Å². The Balaban J connectivity index is 0.729. The number of amides is 3. The minimum atomic E-state index is -1.37. The molecule has 22 nitrogen and oxygen atoms in total. The highest BCUT2D eigenvalue weighted by Gasteiger charge is 2.49. The SMILES string of the molecule is CC1(CCC(=O)O[C@H]2[C@@H](O)[C@H](n3cnc4c(N)ncnc43)O[C@@H]2COC(=O)CCCC(=O)NCCCOCCOCCOCCCCC(=O)CCCC[C@H]2SC[C@H]3NC(=O)N[C@H]32)N=N1.